The minimum Gasteiger partial charge on any atom is -0.271 e. The molecule has 0 aliphatic rings. The fourth-order valence-corrected chi connectivity index (χ4v) is 0. The molecule has 1 nitrogen and oxygen atoms in total. The highest BCUT2D eigenvalue weighted by atomic mass is 31.1. The van der Waals surface area contributed by atoms with Gasteiger partial charge in [0.25, 0.3) is 0 Å². The summed E-state index contributed by atoms with van der Waals surface area (Å²) >= 11 is 0. The Morgan fingerprint density at radius 1 is 2.00 bits per heavy atom. The summed E-state index contributed by atoms with van der Waals surface area (Å²) in [7, 11) is 1.76. The van der Waals surface area contributed by atoms with Crippen LogP contribution in [-0.4, -0.2) is 7.85 Å². The fraction of sp³-hybridized carbons (Fsp3) is 0. The molecule has 5 heavy (non-hydrogen) atoms. The van der Waals surface area contributed by atoms with Crippen LogP contribution < -0.4 is 0 Å². The molecule has 0 bridgehead atoms. The summed E-state index contributed by atoms with van der Waals surface area (Å²) in [5, 5.41) is 0.671. The number of rotatable bonds is 1. The molecule has 0 atom stereocenters. The highest BCUT2D eigenvalue weighted by Crippen LogP contribution is 1.98. The molecular weight excluding hydrogens is 81.8 g/mol. The van der Waals surface area contributed by atoms with Gasteiger partial charge in [-0.05, 0) is 5.21 Å². The maximum Gasteiger partial charge on any atom is 0.176 e. The summed E-state index contributed by atoms with van der Waals surface area (Å²) in [6, 6.07) is 0. The van der Waals surface area contributed by atoms with Crippen molar-refractivity contribution in [3.05, 3.63) is 11.8 Å². The summed E-state index contributed by atoms with van der Waals surface area (Å²) in [6.07, 6.45) is 0. The molecule has 0 saturated carbocycles. The van der Waals surface area contributed by atoms with E-state index in [0.717, 1.165) is 0 Å². The first kappa shape index (κ1) is 4.90. The van der Waals surface area contributed by atoms with E-state index in [4.69, 9.17) is 0 Å². The molecule has 3 heteroatoms. The Kier molecular flexibility index (Phi) is 2.12. The second-order valence-electron chi connectivity index (χ2n) is 0.827. The molecule has 0 heterocycles. The van der Waals surface area contributed by atoms with Gasteiger partial charge in [0.05, 0.1) is 0 Å². The van der Waals surface area contributed by atoms with E-state index in [1.807, 2.05) is 0 Å². The largest absolute Gasteiger partial charge is 0.271 e. The van der Waals surface area contributed by atoms with Gasteiger partial charge in [-0.3, -0.25) is 4.57 Å². The van der Waals surface area contributed by atoms with E-state index in [2.05, 4.69) is 6.58 Å². The van der Waals surface area contributed by atoms with Crippen molar-refractivity contribution in [2.24, 2.45) is 0 Å². The highest BCUT2D eigenvalue weighted by Gasteiger charge is 1.69. The zero-order valence-electron chi connectivity index (χ0n) is 3.06. The zero-order valence-corrected chi connectivity index (χ0v) is 3.96. The smallest absolute Gasteiger partial charge is 0.176 e. The molecule has 0 aliphatic heterocycles. The van der Waals surface area contributed by atoms with Gasteiger partial charge in [0.1, 0.15) is 7.85 Å². The topological polar surface area (TPSA) is 17.1 Å². The molecule has 0 N–H and O–H groups in total. The molecule has 0 fully saturated rings. The molecule has 0 aromatic heterocycles. The van der Waals surface area contributed by atoms with Gasteiger partial charge < -0.3 is 0 Å². The molecule has 0 unspecified atom stereocenters. The van der Waals surface area contributed by atoms with Gasteiger partial charge in [0.2, 0.25) is 0 Å². The second kappa shape index (κ2) is 2.16. The molecule has 26 valence electrons. The first-order valence-corrected chi connectivity index (χ1v) is 2.07. The van der Waals surface area contributed by atoms with Gasteiger partial charge in [-0.25, -0.2) is 0 Å². The Hall–Kier alpha value is -0.0951. The molecular formula is C2H4BOP. The van der Waals surface area contributed by atoms with Gasteiger partial charge in [0.15, 0.2) is 8.46 Å². The fourth-order valence-electron chi connectivity index (χ4n) is 0. The van der Waals surface area contributed by atoms with E-state index in [-0.39, 0.29) is 8.46 Å². The molecule has 0 saturated heterocycles. The van der Waals surface area contributed by atoms with Crippen LogP contribution in [0.3, 0.4) is 0 Å². The standard InChI is InChI=1S/C2H4BOP/c1-2(3)5-4/h1,3H2. The van der Waals surface area contributed by atoms with Crippen LogP contribution in [-0.2, 0) is 4.57 Å². The third-order valence-electron chi connectivity index (χ3n) is 0.156. The maximum atomic E-state index is 9.50. The maximum absolute atomic E-state index is 9.50. The summed E-state index contributed by atoms with van der Waals surface area (Å²) in [5.41, 5.74) is 0. The first-order valence-electron chi connectivity index (χ1n) is 1.26. The quantitative estimate of drug-likeness (QED) is 0.333. The van der Waals surface area contributed by atoms with Crippen LogP contribution in [0.15, 0.2) is 11.8 Å². The van der Waals surface area contributed by atoms with Crippen molar-refractivity contribution >= 4 is 16.3 Å². The van der Waals surface area contributed by atoms with Crippen LogP contribution in [0.2, 0.25) is 0 Å². The third-order valence-corrected chi connectivity index (χ3v) is 0.468. The monoisotopic (exact) mass is 86.0 g/mol. The molecule has 0 spiro atoms. The Balaban J connectivity index is 3.20. The average molecular weight is 85.8 g/mol. The lowest BCUT2D eigenvalue weighted by Gasteiger charge is -1.62. The molecule has 0 aliphatic carbocycles. The van der Waals surface area contributed by atoms with E-state index in [1.54, 1.807) is 7.85 Å². The lowest BCUT2D eigenvalue weighted by Crippen LogP contribution is -1.52. The van der Waals surface area contributed by atoms with Crippen LogP contribution in [0.25, 0.3) is 0 Å². The van der Waals surface area contributed by atoms with Crippen molar-refractivity contribution in [2.45, 2.75) is 0 Å². The van der Waals surface area contributed by atoms with Gasteiger partial charge >= 0.3 is 0 Å². The summed E-state index contributed by atoms with van der Waals surface area (Å²) < 4.78 is 9.50. The van der Waals surface area contributed by atoms with Gasteiger partial charge in [-0.15, -0.1) is 0 Å². The normalized spacial score (nSPS) is 8.00. The van der Waals surface area contributed by atoms with E-state index < -0.39 is 0 Å². The average Bonchev–Trinajstić information content (AvgIpc) is 1.38. The van der Waals surface area contributed by atoms with Crippen LogP contribution in [0.5, 0.6) is 0 Å². The van der Waals surface area contributed by atoms with Crippen LogP contribution in [0.4, 0.5) is 0 Å². The van der Waals surface area contributed by atoms with E-state index >= 15 is 0 Å². The lowest BCUT2D eigenvalue weighted by atomic mass is 10.2. The van der Waals surface area contributed by atoms with Crippen LogP contribution in [0.1, 0.15) is 0 Å². The zero-order chi connectivity index (χ0) is 4.28. The summed E-state index contributed by atoms with van der Waals surface area (Å²) in [5.74, 6) is 0. The highest BCUT2D eigenvalue weighted by molar-refractivity contribution is 7.32. The van der Waals surface area contributed by atoms with Crippen molar-refractivity contribution in [1.82, 2.24) is 0 Å². The van der Waals surface area contributed by atoms with E-state index in [1.165, 1.54) is 0 Å². The summed E-state index contributed by atoms with van der Waals surface area (Å²) in [6.45, 7) is 3.35. The Morgan fingerprint density at radius 3 is 2.20 bits per heavy atom. The molecule has 0 aromatic rings. The third kappa shape index (κ3) is 3.90. The summed E-state index contributed by atoms with van der Waals surface area (Å²) in [4.78, 5) is 0. The van der Waals surface area contributed by atoms with Gasteiger partial charge in [0, 0.05) is 0 Å². The SMILES string of the molecule is BC(=C)P=O. The van der Waals surface area contributed by atoms with Crippen LogP contribution in [0, 0.1) is 0 Å². The molecule has 0 radical (unpaired) electrons. The lowest BCUT2D eigenvalue weighted by molar-refractivity contribution is 0.602. The predicted octanol–water partition coefficient (Wildman–Crippen LogP) is 0.382. The number of hydrogen-bond donors (Lipinski definition) is 0. The van der Waals surface area contributed by atoms with E-state index in [0.29, 0.717) is 5.21 Å². The predicted molar refractivity (Wildman–Crippen MR) is 25.3 cm³/mol. The second-order valence-corrected chi connectivity index (χ2v) is 1.77. The molecule has 0 amide bonds. The number of hydrogen-bond acceptors (Lipinski definition) is 1. The Morgan fingerprint density at radius 2 is 2.20 bits per heavy atom. The van der Waals surface area contributed by atoms with Crippen molar-refractivity contribution in [2.75, 3.05) is 0 Å². The van der Waals surface area contributed by atoms with Crippen molar-refractivity contribution in [1.29, 1.82) is 0 Å². The van der Waals surface area contributed by atoms with Gasteiger partial charge in [-0.2, -0.15) is 0 Å². The Labute approximate surface area is 33.7 Å². The van der Waals surface area contributed by atoms with Crippen molar-refractivity contribution < 1.29 is 4.57 Å². The Bertz CT molecular complexity index is 60.7. The van der Waals surface area contributed by atoms with Crippen molar-refractivity contribution in [3.63, 3.8) is 0 Å². The van der Waals surface area contributed by atoms with Crippen LogP contribution >= 0.6 is 8.46 Å². The van der Waals surface area contributed by atoms with Gasteiger partial charge in [-0.1, -0.05) is 6.58 Å². The van der Waals surface area contributed by atoms with Crippen molar-refractivity contribution in [3.8, 4) is 0 Å². The minimum absolute atomic E-state index is 0.0525. The minimum atomic E-state index is 0.0525. The molecule has 0 aromatic carbocycles. The van der Waals surface area contributed by atoms with E-state index in [9.17, 15) is 4.57 Å². The first-order chi connectivity index (χ1) is 2.27. The molecule has 0 rings (SSSR count).